The Morgan fingerprint density at radius 2 is 1.80 bits per heavy atom. The Bertz CT molecular complexity index is 305. The maximum atomic E-state index is 12.3. The molecule has 0 rings (SSSR count). The predicted molar refractivity (Wildman–Crippen MR) is 80.8 cm³/mol. The Balaban J connectivity index is 4.73. The number of amides is 2. The fourth-order valence-electron chi connectivity index (χ4n) is 2.00. The zero-order valence-corrected chi connectivity index (χ0v) is 13.5. The van der Waals surface area contributed by atoms with Gasteiger partial charge in [-0.3, -0.25) is 0 Å². The van der Waals surface area contributed by atoms with Crippen LogP contribution in [0, 0.1) is 5.92 Å². The molecule has 0 bridgehead atoms. The van der Waals surface area contributed by atoms with Gasteiger partial charge in [0, 0.05) is 12.6 Å². The number of nitrogens with zero attached hydrogens (tertiary/aromatic N) is 1. The van der Waals surface area contributed by atoms with Crippen molar-refractivity contribution < 1.29 is 14.7 Å². The minimum atomic E-state index is -0.966. The molecule has 2 atom stereocenters. The number of nitrogens with one attached hydrogen (secondary N) is 1. The van der Waals surface area contributed by atoms with E-state index in [9.17, 15) is 14.7 Å². The van der Waals surface area contributed by atoms with Gasteiger partial charge in [0.2, 0.25) is 0 Å². The average molecular weight is 286 g/mol. The second kappa shape index (κ2) is 9.61. The highest BCUT2D eigenvalue weighted by Crippen LogP contribution is 2.09. The quantitative estimate of drug-likeness (QED) is 0.684. The molecule has 5 heteroatoms. The first-order chi connectivity index (χ1) is 9.33. The number of carbonyl (C=O) groups is 2. The molecule has 0 aromatic heterocycles. The van der Waals surface area contributed by atoms with Crippen LogP contribution in [0.5, 0.6) is 0 Å². The van der Waals surface area contributed by atoms with Crippen LogP contribution in [0.3, 0.4) is 0 Å². The Morgan fingerprint density at radius 3 is 2.20 bits per heavy atom. The van der Waals surface area contributed by atoms with Gasteiger partial charge in [-0.05, 0) is 32.1 Å². The van der Waals surface area contributed by atoms with E-state index in [-0.39, 0.29) is 18.0 Å². The van der Waals surface area contributed by atoms with Gasteiger partial charge in [0.15, 0.2) is 0 Å². The Labute approximate surface area is 122 Å². The number of unbranched alkanes of at least 4 members (excludes halogenated alkanes) is 1. The number of rotatable bonds is 9. The SMILES string of the molecule is CCCCN(C(=O)NC(CC(C)C)C(=O)O)C(C)CC. The predicted octanol–water partition coefficient (Wildman–Crippen LogP) is 3.10. The van der Waals surface area contributed by atoms with Gasteiger partial charge < -0.3 is 15.3 Å². The normalized spacial score (nSPS) is 13.9. The summed E-state index contributed by atoms with van der Waals surface area (Å²) in [5.74, 6) is -0.740. The molecule has 118 valence electrons. The molecule has 0 aliphatic heterocycles. The second-order valence-electron chi connectivity index (χ2n) is 5.77. The molecule has 0 fully saturated rings. The highest BCUT2D eigenvalue weighted by molar-refractivity contribution is 5.82. The van der Waals surface area contributed by atoms with E-state index in [4.69, 9.17) is 0 Å². The highest BCUT2D eigenvalue weighted by Gasteiger charge is 2.25. The third-order valence-electron chi connectivity index (χ3n) is 3.44. The van der Waals surface area contributed by atoms with E-state index >= 15 is 0 Å². The number of carbonyl (C=O) groups excluding carboxylic acids is 1. The van der Waals surface area contributed by atoms with Crippen molar-refractivity contribution in [3.05, 3.63) is 0 Å². The number of carboxylic acids is 1. The van der Waals surface area contributed by atoms with E-state index in [1.807, 2.05) is 27.7 Å². The summed E-state index contributed by atoms with van der Waals surface area (Å²) in [4.78, 5) is 25.3. The fraction of sp³-hybridized carbons (Fsp3) is 0.867. The van der Waals surface area contributed by atoms with Crippen molar-refractivity contribution in [2.24, 2.45) is 5.92 Å². The summed E-state index contributed by atoms with van der Waals surface area (Å²) in [5, 5.41) is 11.9. The second-order valence-corrected chi connectivity index (χ2v) is 5.77. The van der Waals surface area contributed by atoms with E-state index in [1.54, 1.807) is 4.90 Å². The molecule has 0 saturated carbocycles. The monoisotopic (exact) mass is 286 g/mol. The maximum absolute atomic E-state index is 12.3. The van der Waals surface area contributed by atoms with Gasteiger partial charge in [-0.15, -0.1) is 0 Å². The van der Waals surface area contributed by atoms with Crippen molar-refractivity contribution in [2.45, 2.75) is 72.4 Å². The molecule has 2 unspecified atom stereocenters. The summed E-state index contributed by atoms with van der Waals surface area (Å²) < 4.78 is 0. The van der Waals surface area contributed by atoms with Gasteiger partial charge in [0.25, 0.3) is 0 Å². The first kappa shape index (κ1) is 18.7. The van der Waals surface area contributed by atoms with Gasteiger partial charge in [0.05, 0.1) is 0 Å². The number of carboxylic acid groups (broad SMARTS) is 1. The Kier molecular flexibility index (Phi) is 9.01. The van der Waals surface area contributed by atoms with Crippen LogP contribution in [0.4, 0.5) is 4.79 Å². The molecule has 0 spiro atoms. The largest absolute Gasteiger partial charge is 0.480 e. The van der Waals surface area contributed by atoms with Gasteiger partial charge >= 0.3 is 12.0 Å². The molecule has 2 amide bonds. The summed E-state index contributed by atoms with van der Waals surface area (Å²) >= 11 is 0. The van der Waals surface area contributed by atoms with Crippen molar-refractivity contribution in [3.8, 4) is 0 Å². The van der Waals surface area contributed by atoms with Gasteiger partial charge in [-0.2, -0.15) is 0 Å². The smallest absolute Gasteiger partial charge is 0.326 e. The molecule has 0 aromatic carbocycles. The third-order valence-corrected chi connectivity index (χ3v) is 3.44. The lowest BCUT2D eigenvalue weighted by atomic mass is 10.0. The lowest BCUT2D eigenvalue weighted by Crippen LogP contribution is -2.51. The highest BCUT2D eigenvalue weighted by atomic mass is 16.4. The van der Waals surface area contributed by atoms with E-state index in [0.717, 1.165) is 19.3 Å². The Morgan fingerprint density at radius 1 is 1.20 bits per heavy atom. The fourth-order valence-corrected chi connectivity index (χ4v) is 2.00. The maximum Gasteiger partial charge on any atom is 0.326 e. The third kappa shape index (κ3) is 6.78. The molecular weight excluding hydrogens is 256 g/mol. The summed E-state index contributed by atoms with van der Waals surface area (Å²) in [6.45, 7) is 10.7. The van der Waals surface area contributed by atoms with Crippen molar-refractivity contribution in [2.75, 3.05) is 6.54 Å². The number of hydrogen-bond acceptors (Lipinski definition) is 2. The van der Waals surface area contributed by atoms with Crippen LogP contribution in [0.15, 0.2) is 0 Å². The zero-order valence-electron chi connectivity index (χ0n) is 13.5. The minimum absolute atomic E-state index is 0.120. The summed E-state index contributed by atoms with van der Waals surface area (Å²) in [6.07, 6.45) is 3.25. The van der Waals surface area contributed by atoms with Gasteiger partial charge in [0.1, 0.15) is 6.04 Å². The van der Waals surface area contributed by atoms with Crippen LogP contribution >= 0.6 is 0 Å². The van der Waals surface area contributed by atoms with Crippen molar-refractivity contribution in [3.63, 3.8) is 0 Å². The van der Waals surface area contributed by atoms with Crippen LogP contribution in [0.1, 0.15) is 60.3 Å². The molecule has 0 saturated heterocycles. The van der Waals surface area contributed by atoms with Crippen molar-refractivity contribution in [1.82, 2.24) is 10.2 Å². The van der Waals surface area contributed by atoms with Gasteiger partial charge in [-0.1, -0.05) is 34.1 Å². The molecule has 0 aliphatic carbocycles. The van der Waals surface area contributed by atoms with E-state index in [1.165, 1.54) is 0 Å². The molecular formula is C15H30N2O3. The molecule has 2 N–H and O–H groups in total. The zero-order chi connectivity index (χ0) is 15.7. The van der Waals surface area contributed by atoms with Crippen LogP contribution < -0.4 is 5.32 Å². The lowest BCUT2D eigenvalue weighted by molar-refractivity contribution is -0.139. The summed E-state index contributed by atoms with van der Waals surface area (Å²) in [6, 6.07) is -0.952. The van der Waals surface area contributed by atoms with E-state index in [0.29, 0.717) is 13.0 Å². The molecule has 20 heavy (non-hydrogen) atoms. The molecule has 0 radical (unpaired) electrons. The molecule has 0 aliphatic rings. The topological polar surface area (TPSA) is 69.6 Å². The number of aliphatic carboxylic acids is 1. The lowest BCUT2D eigenvalue weighted by Gasteiger charge is -2.30. The van der Waals surface area contributed by atoms with Crippen LogP contribution in [-0.4, -0.2) is 40.6 Å². The van der Waals surface area contributed by atoms with Crippen LogP contribution in [0.2, 0.25) is 0 Å². The number of urea groups is 1. The number of hydrogen-bond donors (Lipinski definition) is 2. The summed E-state index contributed by atoms with van der Waals surface area (Å²) in [7, 11) is 0. The van der Waals surface area contributed by atoms with E-state index < -0.39 is 12.0 Å². The first-order valence-corrected chi connectivity index (χ1v) is 7.63. The average Bonchev–Trinajstić information content (AvgIpc) is 2.37. The van der Waals surface area contributed by atoms with Gasteiger partial charge in [-0.25, -0.2) is 9.59 Å². The first-order valence-electron chi connectivity index (χ1n) is 7.63. The standard InChI is InChI=1S/C15H30N2O3/c1-6-8-9-17(12(5)7-2)15(20)16-13(14(18)19)10-11(3)4/h11-13H,6-10H2,1-5H3,(H,16,20)(H,18,19). The van der Waals surface area contributed by atoms with Crippen molar-refractivity contribution >= 4 is 12.0 Å². The molecule has 5 nitrogen and oxygen atoms in total. The van der Waals surface area contributed by atoms with E-state index in [2.05, 4.69) is 12.2 Å². The minimum Gasteiger partial charge on any atom is -0.480 e. The molecule has 0 heterocycles. The van der Waals surface area contributed by atoms with Crippen molar-refractivity contribution in [1.29, 1.82) is 0 Å². The Hall–Kier alpha value is -1.26. The molecule has 0 aromatic rings. The van der Waals surface area contributed by atoms with Crippen LogP contribution in [-0.2, 0) is 4.79 Å². The van der Waals surface area contributed by atoms with Crippen LogP contribution in [0.25, 0.3) is 0 Å². The summed E-state index contributed by atoms with van der Waals surface area (Å²) in [5.41, 5.74) is 0.